The molecule has 0 radical (unpaired) electrons. The molecule has 0 spiro atoms. The van der Waals surface area contributed by atoms with E-state index in [9.17, 15) is 24.0 Å². The van der Waals surface area contributed by atoms with Crippen molar-refractivity contribution >= 4 is 47.3 Å². The second-order valence-corrected chi connectivity index (χ2v) is 9.60. The Hall–Kier alpha value is -3.14. The zero-order chi connectivity index (χ0) is 25.2. The van der Waals surface area contributed by atoms with Crippen LogP contribution in [0.4, 0.5) is 5.69 Å². The van der Waals surface area contributed by atoms with Gasteiger partial charge in [-0.2, -0.15) is 0 Å². The van der Waals surface area contributed by atoms with Gasteiger partial charge in [-0.1, -0.05) is 25.4 Å². The monoisotopic (exact) mass is 492 g/mol. The number of piperidine rings is 1. The van der Waals surface area contributed by atoms with Crippen molar-refractivity contribution in [2.75, 3.05) is 5.73 Å². The smallest absolute Gasteiger partial charge is 0.305 e. The van der Waals surface area contributed by atoms with Crippen LogP contribution in [0.3, 0.4) is 0 Å². The van der Waals surface area contributed by atoms with Crippen molar-refractivity contribution in [2.45, 2.75) is 63.7 Å². The van der Waals surface area contributed by atoms with Crippen LogP contribution in [-0.2, 0) is 19.2 Å². The first-order valence-electron chi connectivity index (χ1n) is 11.2. The van der Waals surface area contributed by atoms with E-state index in [0.29, 0.717) is 18.4 Å². The van der Waals surface area contributed by atoms with E-state index in [1.807, 2.05) is 0 Å². The average molecular weight is 493 g/mol. The number of carbonyl (C=O) groups is 5. The maximum atomic E-state index is 13.6. The third-order valence-corrected chi connectivity index (χ3v) is 6.80. The predicted molar refractivity (Wildman–Crippen MR) is 124 cm³/mol. The van der Waals surface area contributed by atoms with Crippen molar-refractivity contribution in [1.29, 1.82) is 0 Å². The lowest BCUT2D eigenvalue weighted by Gasteiger charge is -2.38. The number of nitrogen functional groups attached to an aromatic ring is 1. The summed E-state index contributed by atoms with van der Waals surface area (Å²) in [6, 6.07) is 1.36. The van der Waals surface area contributed by atoms with Gasteiger partial charge in [-0.25, -0.2) is 0 Å². The summed E-state index contributed by atoms with van der Waals surface area (Å²) in [7, 11) is 0. The zero-order valence-corrected chi connectivity index (χ0v) is 19.7. The summed E-state index contributed by atoms with van der Waals surface area (Å²) >= 11 is 6.02. The van der Waals surface area contributed by atoms with E-state index in [4.69, 9.17) is 22.4 Å². The topological polar surface area (TPSA) is 159 Å². The molecule has 1 aromatic carbocycles. The van der Waals surface area contributed by atoms with Crippen LogP contribution in [0.2, 0.25) is 5.02 Å². The molecule has 1 unspecified atom stereocenters. The van der Waals surface area contributed by atoms with Crippen molar-refractivity contribution in [3.8, 4) is 0 Å². The van der Waals surface area contributed by atoms with E-state index < -0.39 is 48.2 Å². The summed E-state index contributed by atoms with van der Waals surface area (Å²) in [5, 5.41) is 14.4. The summed E-state index contributed by atoms with van der Waals surface area (Å²) in [6.45, 7) is 3.58. The van der Waals surface area contributed by atoms with Gasteiger partial charge in [0.2, 0.25) is 11.8 Å². The molecule has 11 heteroatoms. The molecule has 1 saturated carbocycles. The molecule has 10 nitrogen and oxygen atoms in total. The minimum Gasteiger partial charge on any atom is -0.481 e. The largest absolute Gasteiger partial charge is 0.481 e. The minimum atomic E-state index is -1.22. The lowest BCUT2D eigenvalue weighted by Crippen LogP contribution is -2.60. The third kappa shape index (κ3) is 5.32. The van der Waals surface area contributed by atoms with Gasteiger partial charge in [0.25, 0.3) is 5.91 Å². The number of nitrogens with two attached hydrogens (primary N) is 1. The lowest BCUT2D eigenvalue weighted by molar-refractivity contribution is -0.146. The number of halogens is 1. The van der Waals surface area contributed by atoms with Gasteiger partial charge < -0.3 is 31.2 Å². The predicted octanol–water partition coefficient (Wildman–Crippen LogP) is 1.21. The Morgan fingerprint density at radius 3 is 2.53 bits per heavy atom. The molecule has 5 N–H and O–H groups in total. The van der Waals surface area contributed by atoms with Gasteiger partial charge in [0.15, 0.2) is 0 Å². The van der Waals surface area contributed by atoms with Gasteiger partial charge in [0.1, 0.15) is 18.4 Å². The highest BCUT2D eigenvalue weighted by Gasteiger charge is 2.52. The summed E-state index contributed by atoms with van der Waals surface area (Å²) < 4.78 is 0. The lowest BCUT2D eigenvalue weighted by atomic mass is 9.95. The standard InChI is InChI=1S/C23H29ClN4O6/c1-11(2)19(27-21(32)13-4-6-17(25)16(24)8-13)23(34)28-15-5-3-12(7-15)20(28)22(33)26-14(10-29)9-18(30)31/h4,6,8,10-12,14-15,19-20H,3,5,7,9,25H2,1-2H3,(H,26,33)(H,27,32)(H,30,31)/t12-,14-,15?,19-,20-/m0/s1. The Kier molecular flexibility index (Phi) is 7.81. The number of carboxylic acid groups (broad SMARTS) is 1. The number of hydrogen-bond donors (Lipinski definition) is 4. The van der Waals surface area contributed by atoms with E-state index in [2.05, 4.69) is 10.6 Å². The highest BCUT2D eigenvalue weighted by atomic mass is 35.5. The van der Waals surface area contributed by atoms with Gasteiger partial charge in [-0.05, 0) is 49.3 Å². The minimum absolute atomic E-state index is 0.0921. The molecule has 1 aromatic rings. The van der Waals surface area contributed by atoms with Gasteiger partial charge in [0, 0.05) is 11.6 Å². The zero-order valence-electron chi connectivity index (χ0n) is 19.0. The number of carboxylic acids is 1. The molecule has 2 bridgehead atoms. The van der Waals surface area contributed by atoms with Crippen LogP contribution in [0, 0.1) is 11.8 Å². The van der Waals surface area contributed by atoms with Crippen LogP contribution in [0.5, 0.6) is 0 Å². The van der Waals surface area contributed by atoms with E-state index in [1.165, 1.54) is 23.1 Å². The highest BCUT2D eigenvalue weighted by Crippen LogP contribution is 2.43. The Bertz CT molecular complexity index is 1000. The van der Waals surface area contributed by atoms with Crippen molar-refractivity contribution in [1.82, 2.24) is 15.5 Å². The van der Waals surface area contributed by atoms with Crippen molar-refractivity contribution in [2.24, 2.45) is 11.8 Å². The summed E-state index contributed by atoms with van der Waals surface area (Å²) in [4.78, 5) is 63.2. The fraction of sp³-hybridized carbons (Fsp3) is 0.522. The van der Waals surface area contributed by atoms with Crippen LogP contribution < -0.4 is 16.4 Å². The number of anilines is 1. The fourth-order valence-corrected chi connectivity index (χ4v) is 4.98. The Balaban J connectivity index is 1.80. The molecule has 2 aliphatic rings. The maximum Gasteiger partial charge on any atom is 0.305 e. The number of carbonyl (C=O) groups excluding carboxylic acids is 4. The number of nitrogens with one attached hydrogen (secondary N) is 2. The molecule has 3 amide bonds. The Morgan fingerprint density at radius 2 is 1.94 bits per heavy atom. The second-order valence-electron chi connectivity index (χ2n) is 9.20. The van der Waals surface area contributed by atoms with Gasteiger partial charge >= 0.3 is 5.97 Å². The summed E-state index contributed by atoms with van der Waals surface area (Å²) in [5.74, 6) is -3.04. The molecule has 1 aliphatic carbocycles. The van der Waals surface area contributed by atoms with Gasteiger partial charge in [-0.15, -0.1) is 0 Å². The number of aliphatic carboxylic acids is 1. The molecular weight excluding hydrogens is 464 g/mol. The van der Waals surface area contributed by atoms with E-state index in [0.717, 1.165) is 12.8 Å². The van der Waals surface area contributed by atoms with Crippen molar-refractivity contribution in [3.05, 3.63) is 28.8 Å². The maximum absolute atomic E-state index is 13.6. The van der Waals surface area contributed by atoms with E-state index >= 15 is 0 Å². The van der Waals surface area contributed by atoms with Gasteiger partial charge in [-0.3, -0.25) is 19.2 Å². The van der Waals surface area contributed by atoms with Crippen LogP contribution >= 0.6 is 11.6 Å². The Labute approximate surface area is 202 Å². The number of nitrogens with zero attached hydrogens (tertiary/aromatic N) is 1. The molecule has 2 fully saturated rings. The second kappa shape index (κ2) is 10.4. The fourth-order valence-electron chi connectivity index (χ4n) is 4.80. The number of aldehydes is 1. The molecule has 34 heavy (non-hydrogen) atoms. The molecule has 1 saturated heterocycles. The number of benzene rings is 1. The van der Waals surface area contributed by atoms with Crippen LogP contribution in [0.25, 0.3) is 0 Å². The van der Waals surface area contributed by atoms with Gasteiger partial charge in [0.05, 0.1) is 23.2 Å². The molecule has 184 valence electrons. The van der Waals surface area contributed by atoms with E-state index in [-0.39, 0.29) is 28.5 Å². The number of fused-ring (bicyclic) bond motifs is 2. The molecular formula is C23H29ClN4O6. The first-order valence-corrected chi connectivity index (χ1v) is 11.6. The van der Waals surface area contributed by atoms with Crippen LogP contribution in [0.1, 0.15) is 49.9 Å². The van der Waals surface area contributed by atoms with E-state index in [1.54, 1.807) is 13.8 Å². The average Bonchev–Trinajstić information content (AvgIpc) is 3.39. The molecule has 3 rings (SSSR count). The quantitative estimate of drug-likeness (QED) is 0.298. The SMILES string of the molecule is CC(C)[C@H](NC(=O)c1ccc(N)c(Cl)c1)C(=O)N1C2CC[C@@H](C2)[C@H]1C(=O)N[C@H](C=O)CC(=O)O. The normalized spacial score (nSPS) is 22.8. The summed E-state index contributed by atoms with van der Waals surface area (Å²) in [5.41, 5.74) is 6.28. The molecule has 0 aromatic heterocycles. The number of hydrogen-bond acceptors (Lipinski definition) is 6. The highest BCUT2D eigenvalue weighted by molar-refractivity contribution is 6.33. The molecule has 5 atom stereocenters. The first-order chi connectivity index (χ1) is 16.0. The number of rotatable bonds is 9. The Morgan fingerprint density at radius 1 is 1.24 bits per heavy atom. The molecule has 1 heterocycles. The third-order valence-electron chi connectivity index (χ3n) is 6.48. The number of amides is 3. The van der Waals surface area contributed by atoms with Crippen molar-refractivity contribution in [3.63, 3.8) is 0 Å². The summed E-state index contributed by atoms with van der Waals surface area (Å²) in [6.07, 6.45) is 1.96. The van der Waals surface area contributed by atoms with Crippen LogP contribution in [-0.4, -0.2) is 64.2 Å². The molecule has 1 aliphatic heterocycles. The van der Waals surface area contributed by atoms with Crippen molar-refractivity contribution < 1.29 is 29.1 Å². The first kappa shape index (κ1) is 25.5. The van der Waals surface area contributed by atoms with Crippen LogP contribution in [0.15, 0.2) is 18.2 Å². The number of likely N-dealkylation sites (tertiary alicyclic amines) is 1.